The lowest BCUT2D eigenvalue weighted by Gasteiger charge is -2.31. The van der Waals surface area contributed by atoms with Crippen LogP contribution in [0.4, 0.5) is 4.39 Å². The number of likely N-dealkylation sites (tertiary alicyclic amines) is 1. The maximum Gasteiger partial charge on any atom is 0.257 e. The lowest BCUT2D eigenvalue weighted by atomic mass is 10.0. The van der Waals surface area contributed by atoms with Crippen molar-refractivity contribution in [2.45, 2.75) is 58.1 Å². The quantitative estimate of drug-likeness (QED) is 0.929. The van der Waals surface area contributed by atoms with Gasteiger partial charge in [-0.3, -0.25) is 4.79 Å². The van der Waals surface area contributed by atoms with E-state index in [0.717, 1.165) is 25.7 Å². The zero-order valence-electron chi connectivity index (χ0n) is 12.8. The summed E-state index contributed by atoms with van der Waals surface area (Å²) in [5.41, 5.74) is 0.634. The largest absolute Gasteiger partial charge is 0.393 e. The molecule has 1 N–H and O–H groups in total. The first kappa shape index (κ1) is 16.0. The van der Waals surface area contributed by atoms with E-state index in [2.05, 4.69) is 0 Å². The molecule has 116 valence electrons. The molecule has 2 rings (SSSR count). The lowest BCUT2D eigenvalue weighted by Crippen LogP contribution is -2.42. The third kappa shape index (κ3) is 3.82. The van der Waals surface area contributed by atoms with E-state index < -0.39 is 11.9 Å². The van der Waals surface area contributed by atoms with Crippen molar-refractivity contribution in [2.75, 3.05) is 6.54 Å². The molecule has 2 atom stereocenters. The van der Waals surface area contributed by atoms with Crippen molar-refractivity contribution in [2.24, 2.45) is 0 Å². The second-order valence-electron chi connectivity index (χ2n) is 6.02. The molecule has 0 saturated carbocycles. The highest BCUT2D eigenvalue weighted by Crippen LogP contribution is 2.24. The van der Waals surface area contributed by atoms with Crippen LogP contribution in [0.3, 0.4) is 0 Å². The average molecular weight is 293 g/mol. The summed E-state index contributed by atoms with van der Waals surface area (Å²) in [6.45, 7) is 4.05. The highest BCUT2D eigenvalue weighted by molar-refractivity contribution is 5.95. The van der Waals surface area contributed by atoms with Crippen LogP contribution in [-0.2, 0) is 0 Å². The van der Waals surface area contributed by atoms with Crippen LogP contribution < -0.4 is 0 Å². The van der Waals surface area contributed by atoms with Crippen LogP contribution in [0.15, 0.2) is 18.2 Å². The Balaban J connectivity index is 2.26. The topological polar surface area (TPSA) is 40.5 Å². The van der Waals surface area contributed by atoms with E-state index in [9.17, 15) is 14.3 Å². The maximum absolute atomic E-state index is 14.2. The van der Waals surface area contributed by atoms with Gasteiger partial charge in [-0.15, -0.1) is 0 Å². The smallest absolute Gasteiger partial charge is 0.257 e. The van der Waals surface area contributed by atoms with Gasteiger partial charge in [0.25, 0.3) is 5.91 Å². The van der Waals surface area contributed by atoms with E-state index in [4.69, 9.17) is 0 Å². The summed E-state index contributed by atoms with van der Waals surface area (Å²) in [5, 5.41) is 9.65. The van der Waals surface area contributed by atoms with Crippen molar-refractivity contribution >= 4 is 5.91 Å². The van der Waals surface area contributed by atoms with E-state index in [1.54, 1.807) is 36.9 Å². The molecule has 0 bridgehead atoms. The zero-order chi connectivity index (χ0) is 15.4. The Hall–Kier alpha value is -1.42. The predicted octanol–water partition coefficient (Wildman–Crippen LogP) is 3.29. The van der Waals surface area contributed by atoms with Gasteiger partial charge in [0.1, 0.15) is 5.82 Å². The zero-order valence-corrected chi connectivity index (χ0v) is 12.8. The highest BCUT2D eigenvalue weighted by atomic mass is 19.1. The van der Waals surface area contributed by atoms with Gasteiger partial charge in [0.05, 0.1) is 11.7 Å². The minimum absolute atomic E-state index is 0.0000813. The number of aliphatic hydroxyl groups is 1. The number of aryl methyl sites for hydroxylation is 1. The Kier molecular flexibility index (Phi) is 5.34. The molecule has 21 heavy (non-hydrogen) atoms. The monoisotopic (exact) mass is 293 g/mol. The molecule has 3 nitrogen and oxygen atoms in total. The SMILES string of the molecule is Cc1cccc(C(=O)N2CCCCCC2CC(C)O)c1F. The van der Waals surface area contributed by atoms with Crippen molar-refractivity contribution in [3.05, 3.63) is 35.1 Å². The van der Waals surface area contributed by atoms with Crippen molar-refractivity contribution in [3.63, 3.8) is 0 Å². The second kappa shape index (κ2) is 7.03. The Labute approximate surface area is 125 Å². The summed E-state index contributed by atoms with van der Waals surface area (Å²) in [7, 11) is 0. The first-order chi connectivity index (χ1) is 10.0. The first-order valence-corrected chi connectivity index (χ1v) is 7.75. The summed E-state index contributed by atoms with van der Waals surface area (Å²) < 4.78 is 14.2. The molecule has 0 radical (unpaired) electrons. The van der Waals surface area contributed by atoms with Gasteiger partial charge in [-0.1, -0.05) is 25.0 Å². The number of rotatable bonds is 3. The second-order valence-corrected chi connectivity index (χ2v) is 6.02. The number of benzene rings is 1. The van der Waals surface area contributed by atoms with E-state index in [1.807, 2.05) is 0 Å². The molecular formula is C17H24FNO2. The van der Waals surface area contributed by atoms with Gasteiger partial charge in [0.2, 0.25) is 0 Å². The van der Waals surface area contributed by atoms with E-state index >= 15 is 0 Å². The van der Waals surface area contributed by atoms with E-state index in [0.29, 0.717) is 18.5 Å². The molecule has 0 aliphatic carbocycles. The van der Waals surface area contributed by atoms with Gasteiger partial charge in [-0.2, -0.15) is 0 Å². The van der Waals surface area contributed by atoms with Gasteiger partial charge in [-0.25, -0.2) is 4.39 Å². The van der Waals surface area contributed by atoms with Gasteiger partial charge in [-0.05, 0) is 44.7 Å². The molecule has 1 fully saturated rings. The third-order valence-corrected chi connectivity index (χ3v) is 4.17. The first-order valence-electron chi connectivity index (χ1n) is 7.75. The molecule has 1 aromatic rings. The maximum atomic E-state index is 14.2. The van der Waals surface area contributed by atoms with Crippen LogP contribution in [-0.4, -0.2) is 34.6 Å². The summed E-state index contributed by atoms with van der Waals surface area (Å²) in [5.74, 6) is -0.675. The Bertz CT molecular complexity index is 502. The summed E-state index contributed by atoms with van der Waals surface area (Å²) in [6.07, 6.45) is 4.05. The number of carbonyl (C=O) groups excluding carboxylic acids is 1. The van der Waals surface area contributed by atoms with Crippen LogP contribution in [0.25, 0.3) is 0 Å². The standard InChI is InChI=1S/C17H24FNO2/c1-12-7-6-9-15(16(12)18)17(21)19-10-5-3-4-8-14(19)11-13(2)20/h6-7,9,13-14,20H,3-5,8,10-11H2,1-2H3. The van der Waals surface area contributed by atoms with Crippen LogP contribution in [0.1, 0.15) is 54.9 Å². The number of hydrogen-bond donors (Lipinski definition) is 1. The van der Waals surface area contributed by atoms with Gasteiger partial charge in [0, 0.05) is 12.6 Å². The lowest BCUT2D eigenvalue weighted by molar-refractivity contribution is 0.0602. The fraction of sp³-hybridized carbons (Fsp3) is 0.588. The summed E-state index contributed by atoms with van der Waals surface area (Å²) >= 11 is 0. The van der Waals surface area contributed by atoms with Crippen molar-refractivity contribution in [1.82, 2.24) is 4.90 Å². The molecular weight excluding hydrogens is 269 g/mol. The fourth-order valence-corrected chi connectivity index (χ4v) is 3.05. The van der Waals surface area contributed by atoms with Crippen molar-refractivity contribution in [1.29, 1.82) is 0 Å². The number of aliphatic hydroxyl groups excluding tert-OH is 1. The average Bonchev–Trinajstić information content (AvgIpc) is 2.66. The van der Waals surface area contributed by atoms with Crippen LogP contribution in [0, 0.1) is 12.7 Å². The summed E-state index contributed by atoms with van der Waals surface area (Å²) in [6, 6.07) is 4.93. The number of halogens is 1. The number of amides is 1. The number of hydrogen-bond acceptors (Lipinski definition) is 2. The van der Waals surface area contributed by atoms with E-state index in [-0.39, 0.29) is 17.5 Å². The minimum atomic E-state index is -0.453. The molecule has 1 aliphatic rings. The molecule has 4 heteroatoms. The highest BCUT2D eigenvalue weighted by Gasteiger charge is 2.28. The molecule has 1 amide bonds. The van der Waals surface area contributed by atoms with Crippen LogP contribution >= 0.6 is 0 Å². The number of nitrogens with zero attached hydrogens (tertiary/aromatic N) is 1. The normalized spacial score (nSPS) is 21.0. The molecule has 0 spiro atoms. The molecule has 1 saturated heterocycles. The molecule has 0 aromatic heterocycles. The number of carbonyl (C=O) groups is 1. The molecule has 1 aliphatic heterocycles. The Morgan fingerprint density at radius 1 is 1.43 bits per heavy atom. The molecule has 1 heterocycles. The minimum Gasteiger partial charge on any atom is -0.393 e. The van der Waals surface area contributed by atoms with Gasteiger partial charge in [0.15, 0.2) is 0 Å². The third-order valence-electron chi connectivity index (χ3n) is 4.17. The fourth-order valence-electron chi connectivity index (χ4n) is 3.05. The van der Waals surface area contributed by atoms with Crippen LogP contribution in [0.2, 0.25) is 0 Å². The van der Waals surface area contributed by atoms with Gasteiger partial charge < -0.3 is 10.0 Å². The Morgan fingerprint density at radius 2 is 2.19 bits per heavy atom. The summed E-state index contributed by atoms with van der Waals surface area (Å²) in [4.78, 5) is 14.5. The van der Waals surface area contributed by atoms with Crippen LogP contribution in [0.5, 0.6) is 0 Å². The van der Waals surface area contributed by atoms with Gasteiger partial charge >= 0.3 is 0 Å². The predicted molar refractivity (Wildman–Crippen MR) is 80.7 cm³/mol. The Morgan fingerprint density at radius 3 is 2.90 bits per heavy atom. The molecule has 1 aromatic carbocycles. The van der Waals surface area contributed by atoms with Crippen molar-refractivity contribution in [3.8, 4) is 0 Å². The molecule has 2 unspecified atom stereocenters. The van der Waals surface area contributed by atoms with E-state index in [1.165, 1.54) is 0 Å². The van der Waals surface area contributed by atoms with Crippen molar-refractivity contribution < 1.29 is 14.3 Å².